The fraction of sp³-hybridized carbons (Fsp3) is 0. The second kappa shape index (κ2) is 6.82. The summed E-state index contributed by atoms with van der Waals surface area (Å²) in [6.45, 7) is 0. The van der Waals surface area contributed by atoms with Gasteiger partial charge in [-0.05, 0) is 47.5 Å². The molecule has 0 aliphatic heterocycles. The summed E-state index contributed by atoms with van der Waals surface area (Å²) in [5, 5.41) is 3.69. The van der Waals surface area contributed by atoms with Crippen molar-refractivity contribution in [1.82, 2.24) is 4.98 Å². The summed E-state index contributed by atoms with van der Waals surface area (Å²) in [6.07, 6.45) is 3.50. The molecule has 3 aromatic rings. The van der Waals surface area contributed by atoms with Crippen LogP contribution in [0.25, 0.3) is 11.1 Å². The van der Waals surface area contributed by atoms with Crippen LogP contribution >= 0.6 is 23.2 Å². The average Bonchev–Trinajstić information content (AvgIpc) is 2.58. The van der Waals surface area contributed by atoms with Crippen LogP contribution in [0.1, 0.15) is 10.4 Å². The maximum atomic E-state index is 12.3. The van der Waals surface area contributed by atoms with Gasteiger partial charge in [-0.2, -0.15) is 0 Å². The van der Waals surface area contributed by atoms with Crippen LogP contribution in [0.5, 0.6) is 0 Å². The summed E-state index contributed by atoms with van der Waals surface area (Å²) >= 11 is 11.9. The Morgan fingerprint density at radius 2 is 1.74 bits per heavy atom. The van der Waals surface area contributed by atoms with Crippen LogP contribution < -0.4 is 5.32 Å². The summed E-state index contributed by atoms with van der Waals surface area (Å²) < 4.78 is 0. The van der Waals surface area contributed by atoms with Gasteiger partial charge in [0, 0.05) is 23.0 Å². The molecule has 0 unspecified atom stereocenters. The van der Waals surface area contributed by atoms with Crippen molar-refractivity contribution < 1.29 is 4.79 Å². The summed E-state index contributed by atoms with van der Waals surface area (Å²) in [5.74, 6) is -0.230. The standard InChI is InChI=1S/C18H12Cl2N2O/c19-15-7-8-17(16(20)10-15)22-18(23)13-5-3-12(4-6-13)14-2-1-9-21-11-14/h1-11H,(H,22,23). The van der Waals surface area contributed by atoms with Gasteiger partial charge in [0.2, 0.25) is 0 Å². The SMILES string of the molecule is O=C(Nc1ccc(Cl)cc1Cl)c1ccc(-c2cccnc2)cc1. The van der Waals surface area contributed by atoms with E-state index in [-0.39, 0.29) is 5.91 Å². The third kappa shape index (κ3) is 3.70. The first-order valence-corrected chi connectivity index (χ1v) is 7.66. The van der Waals surface area contributed by atoms with Gasteiger partial charge in [-0.1, -0.05) is 41.4 Å². The molecule has 23 heavy (non-hydrogen) atoms. The number of hydrogen-bond acceptors (Lipinski definition) is 2. The van der Waals surface area contributed by atoms with E-state index in [1.807, 2.05) is 24.3 Å². The Hall–Kier alpha value is -2.36. The van der Waals surface area contributed by atoms with Crippen molar-refractivity contribution in [3.05, 3.63) is 82.6 Å². The zero-order valence-corrected chi connectivity index (χ0v) is 13.5. The number of amides is 1. The molecule has 0 saturated heterocycles. The molecule has 1 heterocycles. The van der Waals surface area contributed by atoms with Gasteiger partial charge in [0.05, 0.1) is 10.7 Å². The number of anilines is 1. The van der Waals surface area contributed by atoms with Crippen LogP contribution in [-0.2, 0) is 0 Å². The third-order valence-electron chi connectivity index (χ3n) is 3.32. The monoisotopic (exact) mass is 342 g/mol. The summed E-state index contributed by atoms with van der Waals surface area (Å²) in [7, 11) is 0. The fourth-order valence-corrected chi connectivity index (χ4v) is 2.59. The Bertz CT molecular complexity index is 833. The molecule has 0 aliphatic carbocycles. The lowest BCUT2D eigenvalue weighted by Gasteiger charge is -2.08. The average molecular weight is 343 g/mol. The maximum absolute atomic E-state index is 12.3. The molecule has 0 atom stereocenters. The first-order chi connectivity index (χ1) is 11.1. The van der Waals surface area contributed by atoms with Crippen LogP contribution in [0.15, 0.2) is 67.0 Å². The lowest BCUT2D eigenvalue weighted by Crippen LogP contribution is -2.12. The van der Waals surface area contributed by atoms with E-state index in [0.717, 1.165) is 11.1 Å². The van der Waals surface area contributed by atoms with Crippen LogP contribution in [0.4, 0.5) is 5.69 Å². The van der Waals surface area contributed by atoms with Crippen LogP contribution in [0.2, 0.25) is 10.0 Å². The molecule has 2 aromatic carbocycles. The number of rotatable bonds is 3. The van der Waals surface area contributed by atoms with E-state index in [1.54, 1.807) is 42.7 Å². The highest BCUT2D eigenvalue weighted by Crippen LogP contribution is 2.26. The number of carbonyl (C=O) groups excluding carboxylic acids is 1. The molecule has 5 heteroatoms. The van der Waals surface area contributed by atoms with E-state index in [1.165, 1.54) is 0 Å². The van der Waals surface area contributed by atoms with Crippen molar-refractivity contribution in [3.8, 4) is 11.1 Å². The Morgan fingerprint density at radius 3 is 2.39 bits per heavy atom. The van der Waals surface area contributed by atoms with Gasteiger partial charge in [0.25, 0.3) is 5.91 Å². The summed E-state index contributed by atoms with van der Waals surface area (Å²) in [4.78, 5) is 16.4. The number of pyridine rings is 1. The number of hydrogen-bond donors (Lipinski definition) is 1. The summed E-state index contributed by atoms with van der Waals surface area (Å²) in [6, 6.07) is 16.1. The highest BCUT2D eigenvalue weighted by molar-refractivity contribution is 6.36. The molecule has 0 spiro atoms. The van der Waals surface area contributed by atoms with Crippen LogP contribution in [0.3, 0.4) is 0 Å². The lowest BCUT2D eigenvalue weighted by molar-refractivity contribution is 0.102. The Labute approximate surface area is 143 Å². The molecule has 0 bridgehead atoms. The van der Waals surface area contributed by atoms with E-state index in [4.69, 9.17) is 23.2 Å². The van der Waals surface area contributed by atoms with E-state index in [2.05, 4.69) is 10.3 Å². The quantitative estimate of drug-likeness (QED) is 0.700. The Kier molecular flexibility index (Phi) is 4.60. The fourth-order valence-electron chi connectivity index (χ4n) is 2.13. The minimum absolute atomic E-state index is 0.230. The molecule has 114 valence electrons. The van der Waals surface area contributed by atoms with Crippen LogP contribution in [0, 0.1) is 0 Å². The molecule has 3 nitrogen and oxygen atoms in total. The Balaban J connectivity index is 1.78. The number of halogens is 2. The first-order valence-electron chi connectivity index (χ1n) is 6.90. The Morgan fingerprint density at radius 1 is 0.957 bits per heavy atom. The van der Waals surface area contributed by atoms with Gasteiger partial charge in [0.15, 0.2) is 0 Å². The van der Waals surface area contributed by atoms with Crippen molar-refractivity contribution >= 4 is 34.8 Å². The number of carbonyl (C=O) groups is 1. The summed E-state index contributed by atoms with van der Waals surface area (Å²) in [5.41, 5.74) is 3.07. The van der Waals surface area contributed by atoms with E-state index < -0.39 is 0 Å². The van der Waals surface area contributed by atoms with Gasteiger partial charge in [-0.25, -0.2) is 0 Å². The highest BCUT2D eigenvalue weighted by Gasteiger charge is 2.09. The van der Waals surface area contributed by atoms with Crippen LogP contribution in [-0.4, -0.2) is 10.9 Å². The number of nitrogens with zero attached hydrogens (tertiary/aromatic N) is 1. The van der Waals surface area contributed by atoms with Crippen molar-refractivity contribution in [2.75, 3.05) is 5.32 Å². The molecule has 1 N–H and O–H groups in total. The van der Waals surface area contributed by atoms with E-state index in [9.17, 15) is 4.79 Å². The molecular weight excluding hydrogens is 331 g/mol. The van der Waals surface area contributed by atoms with Gasteiger partial charge in [0.1, 0.15) is 0 Å². The van der Waals surface area contributed by atoms with E-state index in [0.29, 0.717) is 21.3 Å². The highest BCUT2D eigenvalue weighted by atomic mass is 35.5. The molecule has 0 fully saturated rings. The van der Waals surface area contributed by atoms with Crippen molar-refractivity contribution in [1.29, 1.82) is 0 Å². The largest absolute Gasteiger partial charge is 0.321 e. The molecule has 1 aromatic heterocycles. The van der Waals surface area contributed by atoms with Crippen molar-refractivity contribution in [3.63, 3.8) is 0 Å². The number of benzene rings is 2. The third-order valence-corrected chi connectivity index (χ3v) is 3.87. The van der Waals surface area contributed by atoms with Gasteiger partial charge >= 0.3 is 0 Å². The predicted molar refractivity (Wildman–Crippen MR) is 94.1 cm³/mol. The van der Waals surface area contributed by atoms with Crippen molar-refractivity contribution in [2.24, 2.45) is 0 Å². The topological polar surface area (TPSA) is 42.0 Å². The molecule has 0 aliphatic rings. The molecule has 0 saturated carbocycles. The minimum Gasteiger partial charge on any atom is -0.321 e. The van der Waals surface area contributed by atoms with Gasteiger partial charge in [-0.3, -0.25) is 9.78 Å². The number of aromatic nitrogens is 1. The minimum atomic E-state index is -0.230. The normalized spacial score (nSPS) is 10.3. The lowest BCUT2D eigenvalue weighted by atomic mass is 10.1. The predicted octanol–water partition coefficient (Wildman–Crippen LogP) is 5.31. The second-order valence-corrected chi connectivity index (χ2v) is 5.74. The smallest absolute Gasteiger partial charge is 0.255 e. The van der Waals surface area contributed by atoms with Gasteiger partial charge in [-0.15, -0.1) is 0 Å². The zero-order chi connectivity index (χ0) is 16.2. The maximum Gasteiger partial charge on any atom is 0.255 e. The molecule has 1 amide bonds. The zero-order valence-electron chi connectivity index (χ0n) is 12.0. The van der Waals surface area contributed by atoms with Crippen molar-refractivity contribution in [2.45, 2.75) is 0 Å². The first kappa shape index (κ1) is 15.5. The van der Waals surface area contributed by atoms with Gasteiger partial charge < -0.3 is 5.32 Å². The molecule has 0 radical (unpaired) electrons. The molecule has 3 rings (SSSR count). The van der Waals surface area contributed by atoms with E-state index >= 15 is 0 Å². The molecular formula is C18H12Cl2N2O. The number of nitrogens with one attached hydrogen (secondary N) is 1. The second-order valence-electron chi connectivity index (χ2n) is 4.90.